The molecule has 2 rings (SSSR count). The summed E-state index contributed by atoms with van der Waals surface area (Å²) < 4.78 is 6.57. The molecule has 1 aromatic heterocycles. The van der Waals surface area contributed by atoms with Crippen molar-refractivity contribution in [2.24, 2.45) is 0 Å². The van der Waals surface area contributed by atoms with Crippen molar-refractivity contribution in [1.29, 1.82) is 0 Å². The smallest absolute Gasteiger partial charge is 0.248 e. The van der Waals surface area contributed by atoms with Crippen LogP contribution in [-0.4, -0.2) is 40.1 Å². The quantitative estimate of drug-likeness (QED) is 0.863. The fourth-order valence-corrected chi connectivity index (χ4v) is 2.51. The molecule has 0 fully saturated rings. The minimum Gasteiger partial charge on any atom is -0.419 e. The van der Waals surface area contributed by atoms with Gasteiger partial charge in [0, 0.05) is 10.0 Å². The van der Waals surface area contributed by atoms with Crippen LogP contribution in [0.25, 0.3) is 11.5 Å². The molecule has 0 bridgehead atoms. The second kappa shape index (κ2) is 7.23. The Bertz CT molecular complexity index is 679. The minimum absolute atomic E-state index is 0.0365. The number of benzene rings is 1. The van der Waals surface area contributed by atoms with E-state index in [1.165, 1.54) is 0 Å². The third-order valence-corrected chi connectivity index (χ3v) is 3.60. The van der Waals surface area contributed by atoms with Gasteiger partial charge in [-0.05, 0) is 55.9 Å². The van der Waals surface area contributed by atoms with Crippen molar-refractivity contribution in [2.45, 2.75) is 32.9 Å². The van der Waals surface area contributed by atoms with Gasteiger partial charge in [-0.15, -0.1) is 10.2 Å². The van der Waals surface area contributed by atoms with E-state index >= 15 is 0 Å². The van der Waals surface area contributed by atoms with Gasteiger partial charge in [0.1, 0.15) is 0 Å². The van der Waals surface area contributed by atoms with Crippen LogP contribution in [0, 0.1) is 0 Å². The molecule has 0 aliphatic rings. The van der Waals surface area contributed by atoms with Crippen molar-refractivity contribution in [3.63, 3.8) is 0 Å². The Hall–Kier alpha value is -1.73. The summed E-state index contributed by atoms with van der Waals surface area (Å²) in [5, 5.41) is 11.0. The third-order valence-electron chi connectivity index (χ3n) is 2.90. The van der Waals surface area contributed by atoms with Crippen molar-refractivity contribution < 1.29 is 9.21 Å². The van der Waals surface area contributed by atoms with E-state index in [-0.39, 0.29) is 18.0 Å². The lowest BCUT2D eigenvalue weighted by Crippen LogP contribution is -2.45. The Morgan fingerprint density at radius 3 is 2.65 bits per heavy atom. The Kier molecular flexibility index (Phi) is 5.54. The molecular weight excluding hydrogens is 360 g/mol. The van der Waals surface area contributed by atoms with Crippen LogP contribution in [0.3, 0.4) is 0 Å². The molecule has 124 valence electrons. The number of halogens is 1. The number of nitrogens with one attached hydrogen (secondary N) is 1. The Labute approximate surface area is 144 Å². The largest absolute Gasteiger partial charge is 0.419 e. The average Bonchev–Trinajstić information content (AvgIpc) is 2.84. The highest BCUT2D eigenvalue weighted by molar-refractivity contribution is 9.10. The number of carbonyl (C=O) groups excluding carboxylic acids is 1. The lowest BCUT2D eigenvalue weighted by molar-refractivity contribution is -0.123. The summed E-state index contributed by atoms with van der Waals surface area (Å²) >= 11 is 3.46. The van der Waals surface area contributed by atoms with Crippen molar-refractivity contribution in [3.8, 4) is 11.5 Å². The molecule has 1 N–H and O–H groups in total. The number of hydrogen-bond donors (Lipinski definition) is 1. The third kappa shape index (κ3) is 5.44. The van der Waals surface area contributed by atoms with Crippen LogP contribution in [0.2, 0.25) is 0 Å². The zero-order chi connectivity index (χ0) is 17.0. The van der Waals surface area contributed by atoms with E-state index in [0.29, 0.717) is 18.3 Å². The molecule has 0 aliphatic carbocycles. The van der Waals surface area contributed by atoms with Gasteiger partial charge in [0.15, 0.2) is 0 Å². The summed E-state index contributed by atoms with van der Waals surface area (Å²) in [6.07, 6.45) is 0. The van der Waals surface area contributed by atoms with Crippen molar-refractivity contribution in [3.05, 3.63) is 34.6 Å². The van der Waals surface area contributed by atoms with Crippen LogP contribution in [0.15, 0.2) is 33.2 Å². The Balaban J connectivity index is 1.97. The lowest BCUT2D eigenvalue weighted by Gasteiger charge is -2.22. The first-order valence-corrected chi connectivity index (χ1v) is 8.11. The van der Waals surface area contributed by atoms with E-state index < -0.39 is 0 Å². The fraction of sp³-hybridized carbons (Fsp3) is 0.438. The van der Waals surface area contributed by atoms with Gasteiger partial charge < -0.3 is 9.73 Å². The van der Waals surface area contributed by atoms with Gasteiger partial charge >= 0.3 is 0 Å². The molecule has 0 unspecified atom stereocenters. The number of likely N-dealkylation sites (N-methyl/N-ethyl adjacent to an activating group) is 1. The molecule has 6 nitrogen and oxygen atoms in total. The van der Waals surface area contributed by atoms with Crippen LogP contribution in [0.5, 0.6) is 0 Å². The first-order valence-electron chi connectivity index (χ1n) is 7.31. The number of amides is 1. The first-order chi connectivity index (χ1) is 10.7. The fourth-order valence-electron chi connectivity index (χ4n) is 2.05. The normalized spacial score (nSPS) is 11.7. The summed E-state index contributed by atoms with van der Waals surface area (Å²) in [6.45, 7) is 6.53. The van der Waals surface area contributed by atoms with E-state index in [9.17, 15) is 4.79 Å². The lowest BCUT2D eigenvalue weighted by atomic mass is 10.1. The summed E-state index contributed by atoms with van der Waals surface area (Å²) in [6, 6.07) is 7.66. The maximum Gasteiger partial charge on any atom is 0.248 e. The molecule has 0 radical (unpaired) electrons. The highest BCUT2D eigenvalue weighted by atomic mass is 79.9. The van der Waals surface area contributed by atoms with Crippen LogP contribution < -0.4 is 5.32 Å². The zero-order valence-corrected chi connectivity index (χ0v) is 15.3. The highest BCUT2D eigenvalue weighted by Crippen LogP contribution is 2.26. The van der Waals surface area contributed by atoms with Gasteiger partial charge in [-0.2, -0.15) is 0 Å². The van der Waals surface area contributed by atoms with Gasteiger partial charge in [-0.25, -0.2) is 0 Å². The van der Waals surface area contributed by atoms with Gasteiger partial charge in [0.25, 0.3) is 0 Å². The molecule has 1 amide bonds. The standard InChI is InChI=1S/C16H21BrN4O2/c1-16(2,3)18-13(22)9-21(4)10-14-19-20-15(23-14)11-7-5-6-8-12(11)17/h5-8H,9-10H2,1-4H3,(H,18,22). The second-order valence-corrected chi connectivity index (χ2v) is 7.31. The Morgan fingerprint density at radius 1 is 1.30 bits per heavy atom. The van der Waals surface area contributed by atoms with E-state index in [2.05, 4.69) is 31.4 Å². The highest BCUT2D eigenvalue weighted by Gasteiger charge is 2.17. The van der Waals surface area contributed by atoms with E-state index in [4.69, 9.17) is 4.42 Å². The van der Waals surface area contributed by atoms with Gasteiger partial charge in [-0.1, -0.05) is 12.1 Å². The van der Waals surface area contributed by atoms with E-state index in [0.717, 1.165) is 10.0 Å². The summed E-state index contributed by atoms with van der Waals surface area (Å²) in [7, 11) is 1.84. The van der Waals surface area contributed by atoms with Crippen LogP contribution in [-0.2, 0) is 11.3 Å². The van der Waals surface area contributed by atoms with Gasteiger partial charge in [0.05, 0.1) is 18.7 Å². The molecular formula is C16H21BrN4O2. The van der Waals surface area contributed by atoms with Crippen LogP contribution in [0.1, 0.15) is 26.7 Å². The first kappa shape index (κ1) is 17.6. The second-order valence-electron chi connectivity index (χ2n) is 6.45. The molecule has 1 aromatic carbocycles. The SMILES string of the molecule is CN(CC(=O)NC(C)(C)C)Cc1nnc(-c2ccccc2Br)o1. The van der Waals surface area contributed by atoms with Crippen molar-refractivity contribution in [2.75, 3.05) is 13.6 Å². The monoisotopic (exact) mass is 380 g/mol. The summed E-state index contributed by atoms with van der Waals surface area (Å²) in [4.78, 5) is 13.7. The maximum absolute atomic E-state index is 11.9. The zero-order valence-electron chi connectivity index (χ0n) is 13.8. The van der Waals surface area contributed by atoms with Crippen LogP contribution >= 0.6 is 15.9 Å². The van der Waals surface area contributed by atoms with Gasteiger partial charge in [0.2, 0.25) is 17.7 Å². The number of aromatic nitrogens is 2. The van der Waals surface area contributed by atoms with E-state index in [1.54, 1.807) is 0 Å². The molecule has 0 saturated carbocycles. The summed E-state index contributed by atoms with van der Waals surface area (Å²) in [5.74, 6) is 0.896. The molecule has 0 aliphatic heterocycles. The number of hydrogen-bond acceptors (Lipinski definition) is 5. The molecule has 0 atom stereocenters. The maximum atomic E-state index is 11.9. The summed E-state index contributed by atoms with van der Waals surface area (Å²) in [5.41, 5.74) is 0.606. The predicted octanol–water partition coefficient (Wildman–Crippen LogP) is 2.85. The molecule has 23 heavy (non-hydrogen) atoms. The molecule has 0 spiro atoms. The van der Waals surface area contributed by atoms with Gasteiger partial charge in [-0.3, -0.25) is 9.69 Å². The minimum atomic E-state index is -0.241. The molecule has 2 aromatic rings. The molecule has 1 heterocycles. The Morgan fingerprint density at radius 2 is 2.00 bits per heavy atom. The predicted molar refractivity (Wildman–Crippen MR) is 91.7 cm³/mol. The average molecular weight is 381 g/mol. The molecule has 0 saturated heterocycles. The number of rotatable bonds is 5. The topological polar surface area (TPSA) is 71.3 Å². The molecule has 7 heteroatoms. The van der Waals surface area contributed by atoms with E-state index in [1.807, 2.05) is 57.0 Å². The van der Waals surface area contributed by atoms with Crippen LogP contribution in [0.4, 0.5) is 0 Å². The van der Waals surface area contributed by atoms with Crippen molar-refractivity contribution in [1.82, 2.24) is 20.4 Å². The number of nitrogens with zero attached hydrogens (tertiary/aromatic N) is 3. The van der Waals surface area contributed by atoms with Crippen molar-refractivity contribution >= 4 is 21.8 Å². The number of carbonyl (C=O) groups is 1.